The highest BCUT2D eigenvalue weighted by Gasteiger charge is 2.10. The molecule has 0 aliphatic carbocycles. The van der Waals surface area contributed by atoms with Crippen molar-refractivity contribution < 1.29 is 9.26 Å². The molecule has 0 atom stereocenters. The molecule has 118 valence electrons. The van der Waals surface area contributed by atoms with Gasteiger partial charge in [0.2, 0.25) is 5.88 Å². The van der Waals surface area contributed by atoms with Crippen molar-refractivity contribution in [2.75, 3.05) is 14.2 Å². The molecule has 0 aliphatic heterocycles. The van der Waals surface area contributed by atoms with Gasteiger partial charge in [0.05, 0.1) is 19.3 Å². The van der Waals surface area contributed by atoms with Crippen LogP contribution in [0.15, 0.2) is 53.3 Å². The Bertz CT molecular complexity index is 741. The van der Waals surface area contributed by atoms with Crippen molar-refractivity contribution in [2.45, 2.75) is 13.1 Å². The number of nitrogens with zero attached hydrogens (tertiary/aromatic N) is 4. The van der Waals surface area contributed by atoms with Crippen LogP contribution in [0.5, 0.6) is 5.88 Å². The second-order valence-corrected chi connectivity index (χ2v) is 5.27. The van der Waals surface area contributed by atoms with E-state index in [1.54, 1.807) is 13.3 Å². The van der Waals surface area contributed by atoms with Gasteiger partial charge < -0.3 is 9.26 Å². The summed E-state index contributed by atoms with van der Waals surface area (Å²) in [5, 5.41) is 4.08. The summed E-state index contributed by atoms with van der Waals surface area (Å²) >= 11 is 0. The van der Waals surface area contributed by atoms with Crippen molar-refractivity contribution in [3.63, 3.8) is 0 Å². The number of rotatable bonds is 6. The zero-order chi connectivity index (χ0) is 16.1. The monoisotopic (exact) mass is 310 g/mol. The van der Waals surface area contributed by atoms with Crippen LogP contribution in [0.3, 0.4) is 0 Å². The third kappa shape index (κ3) is 3.92. The van der Waals surface area contributed by atoms with Crippen molar-refractivity contribution >= 4 is 0 Å². The lowest BCUT2D eigenvalue weighted by Crippen LogP contribution is -2.16. The predicted octanol–water partition coefficient (Wildman–Crippen LogP) is 2.77. The minimum absolute atomic E-state index is 0.617. The van der Waals surface area contributed by atoms with Gasteiger partial charge in [0, 0.05) is 31.1 Å². The Labute approximate surface area is 134 Å². The quantitative estimate of drug-likeness (QED) is 0.697. The third-order valence-electron chi connectivity index (χ3n) is 3.37. The molecular weight excluding hydrogens is 292 g/mol. The maximum Gasteiger partial charge on any atom is 0.212 e. The highest BCUT2D eigenvalue weighted by Crippen LogP contribution is 2.17. The number of pyridine rings is 2. The zero-order valence-corrected chi connectivity index (χ0v) is 13.1. The number of hydrogen-bond donors (Lipinski definition) is 0. The Hall–Kier alpha value is -2.73. The zero-order valence-electron chi connectivity index (χ0n) is 13.1. The lowest BCUT2D eigenvalue weighted by Gasteiger charge is -2.14. The highest BCUT2D eigenvalue weighted by atomic mass is 16.5. The predicted molar refractivity (Wildman–Crippen MR) is 85.7 cm³/mol. The number of ether oxygens (including phenoxy) is 1. The Morgan fingerprint density at radius 2 is 2.00 bits per heavy atom. The smallest absolute Gasteiger partial charge is 0.212 e. The standard InChI is InChI=1S/C17H18N4O2/c1-21(11-13-6-7-17(22-2)19-10-13)12-14-9-16(20-23-14)15-5-3-4-8-18-15/h3-10H,11-12H2,1-2H3. The lowest BCUT2D eigenvalue weighted by molar-refractivity contribution is 0.266. The van der Waals surface area contributed by atoms with Gasteiger partial charge in [-0.1, -0.05) is 17.3 Å². The Balaban J connectivity index is 1.61. The van der Waals surface area contributed by atoms with Gasteiger partial charge in [-0.15, -0.1) is 0 Å². The molecule has 0 N–H and O–H groups in total. The van der Waals surface area contributed by atoms with Gasteiger partial charge in [-0.05, 0) is 24.7 Å². The van der Waals surface area contributed by atoms with Crippen LogP contribution in [0.4, 0.5) is 0 Å². The van der Waals surface area contributed by atoms with Gasteiger partial charge in [-0.3, -0.25) is 9.88 Å². The fourth-order valence-electron chi connectivity index (χ4n) is 2.28. The van der Waals surface area contributed by atoms with E-state index in [1.807, 2.05) is 49.6 Å². The molecule has 3 aromatic heterocycles. The molecule has 23 heavy (non-hydrogen) atoms. The molecule has 0 aliphatic rings. The summed E-state index contributed by atoms with van der Waals surface area (Å²) in [4.78, 5) is 10.6. The average Bonchev–Trinajstić information content (AvgIpc) is 3.04. The van der Waals surface area contributed by atoms with E-state index < -0.39 is 0 Å². The molecule has 3 aromatic rings. The molecular formula is C17H18N4O2. The maximum atomic E-state index is 5.40. The first-order valence-corrected chi connectivity index (χ1v) is 7.29. The van der Waals surface area contributed by atoms with E-state index in [2.05, 4.69) is 20.0 Å². The van der Waals surface area contributed by atoms with Gasteiger partial charge >= 0.3 is 0 Å². The Kier molecular flexibility index (Phi) is 4.63. The molecule has 0 unspecified atom stereocenters. The molecule has 3 rings (SSSR count). The fourth-order valence-corrected chi connectivity index (χ4v) is 2.28. The normalized spacial score (nSPS) is 10.9. The number of methoxy groups -OCH3 is 1. The summed E-state index contributed by atoms with van der Waals surface area (Å²) in [5.74, 6) is 1.42. The molecule has 6 nitrogen and oxygen atoms in total. The van der Waals surface area contributed by atoms with E-state index in [1.165, 1.54) is 0 Å². The minimum Gasteiger partial charge on any atom is -0.481 e. The lowest BCUT2D eigenvalue weighted by atomic mass is 10.2. The third-order valence-corrected chi connectivity index (χ3v) is 3.37. The molecule has 3 heterocycles. The van der Waals surface area contributed by atoms with E-state index in [-0.39, 0.29) is 0 Å². The molecule has 0 radical (unpaired) electrons. The maximum absolute atomic E-state index is 5.40. The molecule has 0 fully saturated rings. The van der Waals surface area contributed by atoms with Crippen LogP contribution in [0.2, 0.25) is 0 Å². The van der Waals surface area contributed by atoms with Crippen molar-refractivity contribution in [1.29, 1.82) is 0 Å². The number of hydrogen-bond acceptors (Lipinski definition) is 6. The van der Waals surface area contributed by atoms with Crippen LogP contribution >= 0.6 is 0 Å². The van der Waals surface area contributed by atoms with E-state index in [4.69, 9.17) is 9.26 Å². The molecule has 0 aromatic carbocycles. The van der Waals surface area contributed by atoms with Gasteiger partial charge in [0.15, 0.2) is 5.76 Å². The first-order valence-electron chi connectivity index (χ1n) is 7.29. The second kappa shape index (κ2) is 7.02. The largest absolute Gasteiger partial charge is 0.481 e. The first-order chi connectivity index (χ1) is 11.2. The van der Waals surface area contributed by atoms with Crippen molar-refractivity contribution in [2.24, 2.45) is 0 Å². The number of aromatic nitrogens is 3. The first kappa shape index (κ1) is 15.2. The summed E-state index contributed by atoms with van der Waals surface area (Å²) in [7, 11) is 3.63. The molecule has 6 heteroatoms. The SMILES string of the molecule is COc1ccc(CN(C)Cc2cc(-c3ccccn3)no2)cn1. The van der Waals surface area contributed by atoms with Gasteiger partial charge in [0.25, 0.3) is 0 Å². The Morgan fingerprint density at radius 3 is 2.70 bits per heavy atom. The van der Waals surface area contributed by atoms with Crippen LogP contribution in [-0.4, -0.2) is 34.2 Å². The van der Waals surface area contributed by atoms with Crippen molar-refractivity contribution in [3.05, 3.63) is 60.1 Å². The summed E-state index contributed by atoms with van der Waals surface area (Å²) < 4.78 is 10.5. The van der Waals surface area contributed by atoms with Gasteiger partial charge in [-0.2, -0.15) is 0 Å². The van der Waals surface area contributed by atoms with Crippen LogP contribution < -0.4 is 4.74 Å². The molecule has 0 saturated carbocycles. The molecule has 0 spiro atoms. The van der Waals surface area contributed by atoms with Crippen LogP contribution in [-0.2, 0) is 13.1 Å². The highest BCUT2D eigenvalue weighted by molar-refractivity contribution is 5.52. The van der Waals surface area contributed by atoms with E-state index in [9.17, 15) is 0 Å². The molecule has 0 saturated heterocycles. The van der Waals surface area contributed by atoms with E-state index in [0.29, 0.717) is 12.4 Å². The molecule has 0 bridgehead atoms. The van der Waals surface area contributed by atoms with E-state index >= 15 is 0 Å². The van der Waals surface area contributed by atoms with Crippen molar-refractivity contribution in [1.82, 2.24) is 20.0 Å². The fraction of sp³-hybridized carbons (Fsp3) is 0.235. The summed E-state index contributed by atoms with van der Waals surface area (Å²) in [6.07, 6.45) is 3.56. The Morgan fingerprint density at radius 1 is 1.09 bits per heavy atom. The second-order valence-electron chi connectivity index (χ2n) is 5.27. The molecule has 0 amide bonds. The van der Waals surface area contributed by atoms with E-state index in [0.717, 1.165) is 29.3 Å². The average molecular weight is 310 g/mol. The summed E-state index contributed by atoms with van der Waals surface area (Å²) in [5.41, 5.74) is 2.67. The van der Waals surface area contributed by atoms with Crippen molar-refractivity contribution in [3.8, 4) is 17.3 Å². The minimum atomic E-state index is 0.617. The van der Waals surface area contributed by atoms with Crippen LogP contribution in [0, 0.1) is 0 Å². The van der Waals surface area contributed by atoms with Crippen LogP contribution in [0.1, 0.15) is 11.3 Å². The van der Waals surface area contributed by atoms with Crippen LogP contribution in [0.25, 0.3) is 11.4 Å². The summed E-state index contributed by atoms with van der Waals surface area (Å²) in [6.45, 7) is 1.42. The van der Waals surface area contributed by atoms with Gasteiger partial charge in [-0.25, -0.2) is 4.98 Å². The summed E-state index contributed by atoms with van der Waals surface area (Å²) in [6, 6.07) is 11.5. The van der Waals surface area contributed by atoms with Gasteiger partial charge in [0.1, 0.15) is 5.69 Å². The topological polar surface area (TPSA) is 64.3 Å².